The van der Waals surface area contributed by atoms with Crippen molar-refractivity contribution in [1.82, 2.24) is 9.88 Å². The highest BCUT2D eigenvalue weighted by Gasteiger charge is 2.30. The van der Waals surface area contributed by atoms with E-state index in [-0.39, 0.29) is 12.5 Å². The Morgan fingerprint density at radius 3 is 2.48 bits per heavy atom. The second kappa shape index (κ2) is 5.52. The SMILES string of the molecule is CC(C)(C)N(CC(=O)O)C(=O)c1cccc2cccnc12. The third kappa shape index (κ3) is 3.18. The number of aromatic nitrogens is 1. The molecule has 0 bridgehead atoms. The molecular formula is C16H18N2O3. The zero-order valence-corrected chi connectivity index (χ0v) is 12.3. The number of aliphatic carboxylic acids is 1. The van der Waals surface area contributed by atoms with Gasteiger partial charge in [-0.3, -0.25) is 14.6 Å². The number of hydrogen-bond acceptors (Lipinski definition) is 3. The Morgan fingerprint density at radius 1 is 1.19 bits per heavy atom. The van der Waals surface area contributed by atoms with Gasteiger partial charge in [-0.25, -0.2) is 0 Å². The minimum Gasteiger partial charge on any atom is -0.480 e. The fourth-order valence-electron chi connectivity index (χ4n) is 2.17. The predicted octanol–water partition coefficient (Wildman–Crippen LogP) is 2.56. The summed E-state index contributed by atoms with van der Waals surface area (Å²) in [4.78, 5) is 29.4. The smallest absolute Gasteiger partial charge is 0.323 e. The molecule has 21 heavy (non-hydrogen) atoms. The Labute approximate surface area is 123 Å². The molecule has 0 aliphatic carbocycles. The molecule has 0 radical (unpaired) electrons. The molecule has 0 fully saturated rings. The fourth-order valence-corrected chi connectivity index (χ4v) is 2.17. The number of benzene rings is 1. The minimum absolute atomic E-state index is 0.325. The molecule has 0 spiro atoms. The third-order valence-electron chi connectivity index (χ3n) is 3.21. The maximum Gasteiger partial charge on any atom is 0.323 e. The molecule has 2 aromatic rings. The van der Waals surface area contributed by atoms with Crippen LogP contribution in [0.5, 0.6) is 0 Å². The van der Waals surface area contributed by atoms with Crippen LogP contribution in [0.1, 0.15) is 31.1 Å². The van der Waals surface area contributed by atoms with Gasteiger partial charge < -0.3 is 10.0 Å². The number of rotatable bonds is 3. The van der Waals surface area contributed by atoms with E-state index in [1.807, 2.05) is 32.9 Å². The van der Waals surface area contributed by atoms with Gasteiger partial charge in [-0.15, -0.1) is 0 Å². The third-order valence-corrected chi connectivity index (χ3v) is 3.21. The highest BCUT2D eigenvalue weighted by atomic mass is 16.4. The van der Waals surface area contributed by atoms with Crippen molar-refractivity contribution in [3.05, 3.63) is 42.1 Å². The molecular weight excluding hydrogens is 268 g/mol. The van der Waals surface area contributed by atoms with Crippen LogP contribution in [0.15, 0.2) is 36.5 Å². The van der Waals surface area contributed by atoms with Gasteiger partial charge in [0.2, 0.25) is 0 Å². The van der Waals surface area contributed by atoms with E-state index in [1.165, 1.54) is 4.90 Å². The van der Waals surface area contributed by atoms with Crippen molar-refractivity contribution >= 4 is 22.8 Å². The van der Waals surface area contributed by atoms with Gasteiger partial charge in [0.1, 0.15) is 6.54 Å². The average molecular weight is 286 g/mol. The molecule has 5 heteroatoms. The summed E-state index contributed by atoms with van der Waals surface area (Å²) >= 11 is 0. The summed E-state index contributed by atoms with van der Waals surface area (Å²) in [7, 11) is 0. The van der Waals surface area contributed by atoms with Gasteiger partial charge in [0.05, 0.1) is 11.1 Å². The van der Waals surface area contributed by atoms with Crippen LogP contribution in [0.25, 0.3) is 10.9 Å². The van der Waals surface area contributed by atoms with E-state index < -0.39 is 11.5 Å². The Hall–Kier alpha value is -2.43. The molecule has 0 saturated carbocycles. The number of carbonyl (C=O) groups excluding carboxylic acids is 1. The number of hydrogen-bond donors (Lipinski definition) is 1. The maximum absolute atomic E-state index is 12.8. The zero-order valence-electron chi connectivity index (χ0n) is 12.3. The van der Waals surface area contributed by atoms with Gasteiger partial charge in [-0.1, -0.05) is 18.2 Å². The van der Waals surface area contributed by atoms with Crippen LogP contribution >= 0.6 is 0 Å². The van der Waals surface area contributed by atoms with Crippen molar-refractivity contribution in [1.29, 1.82) is 0 Å². The average Bonchev–Trinajstić information content (AvgIpc) is 2.42. The summed E-state index contributed by atoms with van der Waals surface area (Å²) < 4.78 is 0. The van der Waals surface area contributed by atoms with Crippen molar-refractivity contribution in [3.63, 3.8) is 0 Å². The normalized spacial score (nSPS) is 11.4. The number of amides is 1. The molecule has 0 saturated heterocycles. The van der Waals surface area contributed by atoms with Crippen molar-refractivity contribution in [2.24, 2.45) is 0 Å². The van der Waals surface area contributed by atoms with Gasteiger partial charge in [0.25, 0.3) is 5.91 Å². The van der Waals surface area contributed by atoms with Crippen LogP contribution in [0.3, 0.4) is 0 Å². The summed E-state index contributed by atoms with van der Waals surface area (Å²) in [5.74, 6) is -1.36. The molecule has 0 aliphatic rings. The van der Waals surface area contributed by atoms with E-state index in [4.69, 9.17) is 5.11 Å². The lowest BCUT2D eigenvalue weighted by Crippen LogP contribution is -2.48. The molecule has 110 valence electrons. The second-order valence-electron chi connectivity index (χ2n) is 5.84. The van der Waals surface area contributed by atoms with E-state index in [9.17, 15) is 9.59 Å². The molecule has 1 amide bonds. The van der Waals surface area contributed by atoms with Crippen molar-refractivity contribution in [2.75, 3.05) is 6.54 Å². The number of pyridine rings is 1. The lowest BCUT2D eigenvalue weighted by atomic mass is 10.0. The number of carboxylic acid groups (broad SMARTS) is 1. The lowest BCUT2D eigenvalue weighted by molar-refractivity contribution is -0.138. The van der Waals surface area contributed by atoms with E-state index in [0.717, 1.165) is 5.39 Å². The van der Waals surface area contributed by atoms with Gasteiger partial charge in [-0.2, -0.15) is 0 Å². The van der Waals surface area contributed by atoms with Crippen molar-refractivity contribution in [3.8, 4) is 0 Å². The first-order valence-corrected chi connectivity index (χ1v) is 6.68. The number of carboxylic acids is 1. The molecule has 0 aliphatic heterocycles. The summed E-state index contributed by atoms with van der Waals surface area (Å²) in [6, 6.07) is 9.00. The van der Waals surface area contributed by atoms with Crippen molar-refractivity contribution in [2.45, 2.75) is 26.3 Å². The largest absolute Gasteiger partial charge is 0.480 e. The highest BCUT2D eigenvalue weighted by molar-refractivity contribution is 6.06. The number of nitrogens with zero attached hydrogens (tertiary/aromatic N) is 2. The first-order chi connectivity index (χ1) is 9.80. The Balaban J connectivity index is 2.51. The molecule has 0 unspecified atom stereocenters. The summed E-state index contributed by atoms with van der Waals surface area (Å²) in [5, 5.41) is 9.90. The van der Waals surface area contributed by atoms with Crippen molar-refractivity contribution < 1.29 is 14.7 Å². The van der Waals surface area contributed by atoms with Gasteiger partial charge in [0, 0.05) is 17.1 Å². The molecule has 1 heterocycles. The van der Waals surface area contributed by atoms with Gasteiger partial charge in [-0.05, 0) is 32.9 Å². The number of carbonyl (C=O) groups is 2. The second-order valence-corrected chi connectivity index (χ2v) is 5.84. The lowest BCUT2D eigenvalue weighted by Gasteiger charge is -2.34. The molecule has 1 N–H and O–H groups in total. The van der Waals surface area contributed by atoms with Crippen LogP contribution in [-0.2, 0) is 4.79 Å². The molecule has 2 rings (SSSR count). The highest BCUT2D eigenvalue weighted by Crippen LogP contribution is 2.22. The molecule has 1 aromatic carbocycles. The first kappa shape index (κ1) is 15.0. The Morgan fingerprint density at radius 2 is 1.86 bits per heavy atom. The molecule has 5 nitrogen and oxygen atoms in total. The van der Waals surface area contributed by atoms with E-state index in [2.05, 4.69) is 4.98 Å². The predicted molar refractivity (Wildman–Crippen MR) is 80.2 cm³/mol. The van der Waals surface area contributed by atoms with Crippen LogP contribution < -0.4 is 0 Å². The monoisotopic (exact) mass is 286 g/mol. The fraction of sp³-hybridized carbons (Fsp3) is 0.312. The number of para-hydroxylation sites is 1. The zero-order chi connectivity index (χ0) is 15.6. The topological polar surface area (TPSA) is 70.5 Å². The molecule has 0 atom stereocenters. The van der Waals surface area contributed by atoms with Gasteiger partial charge >= 0.3 is 5.97 Å². The van der Waals surface area contributed by atoms with E-state index in [1.54, 1.807) is 24.4 Å². The van der Waals surface area contributed by atoms with Crippen LogP contribution in [-0.4, -0.2) is 39.0 Å². The van der Waals surface area contributed by atoms with E-state index >= 15 is 0 Å². The minimum atomic E-state index is -1.04. The van der Waals surface area contributed by atoms with Crippen LogP contribution in [0.4, 0.5) is 0 Å². The van der Waals surface area contributed by atoms with Gasteiger partial charge in [0.15, 0.2) is 0 Å². The summed E-state index contributed by atoms with van der Waals surface area (Å²) in [5.41, 5.74) is 0.417. The summed E-state index contributed by atoms with van der Waals surface area (Å²) in [6.45, 7) is 5.09. The standard InChI is InChI=1S/C16H18N2O3/c1-16(2,3)18(10-13(19)20)15(21)12-8-4-6-11-7-5-9-17-14(11)12/h4-9H,10H2,1-3H3,(H,19,20). The number of fused-ring (bicyclic) bond motifs is 1. The quantitative estimate of drug-likeness (QED) is 0.941. The Kier molecular flexibility index (Phi) is 3.93. The van der Waals surface area contributed by atoms with Crippen LogP contribution in [0.2, 0.25) is 0 Å². The van der Waals surface area contributed by atoms with E-state index in [0.29, 0.717) is 11.1 Å². The maximum atomic E-state index is 12.8. The Bertz CT molecular complexity index is 684. The van der Waals surface area contributed by atoms with Crippen LogP contribution in [0, 0.1) is 0 Å². The molecule has 1 aromatic heterocycles. The first-order valence-electron chi connectivity index (χ1n) is 6.68. The summed E-state index contributed by atoms with van der Waals surface area (Å²) in [6.07, 6.45) is 1.62.